The first-order valence-corrected chi connectivity index (χ1v) is 5.91. The Morgan fingerprint density at radius 1 is 1.21 bits per heavy atom. The van der Waals surface area contributed by atoms with Gasteiger partial charge in [0.05, 0.1) is 11.2 Å². The van der Waals surface area contributed by atoms with Gasteiger partial charge < -0.3 is 11.1 Å². The maximum atomic E-state index is 12.0. The molecule has 0 saturated carbocycles. The first-order valence-electron chi connectivity index (χ1n) is 5.91. The van der Waals surface area contributed by atoms with Crippen LogP contribution in [0.4, 0.5) is 24.5 Å². The quantitative estimate of drug-likeness (QED) is 0.659. The topological polar surface area (TPSA) is 50.9 Å². The van der Waals surface area contributed by atoms with E-state index in [1.165, 1.54) is 0 Å². The van der Waals surface area contributed by atoms with E-state index in [9.17, 15) is 13.2 Å². The van der Waals surface area contributed by atoms with Crippen LogP contribution >= 0.6 is 0 Å². The third-order valence-electron chi connectivity index (χ3n) is 2.75. The molecular weight excluding hydrogens is 255 g/mol. The molecule has 3 nitrogen and oxygen atoms in total. The third kappa shape index (κ3) is 3.49. The van der Waals surface area contributed by atoms with Gasteiger partial charge in [0.15, 0.2) is 0 Å². The van der Waals surface area contributed by atoms with Crippen molar-refractivity contribution in [3.63, 3.8) is 0 Å². The van der Waals surface area contributed by atoms with Crippen molar-refractivity contribution in [3.05, 3.63) is 30.5 Å². The van der Waals surface area contributed by atoms with Crippen molar-refractivity contribution in [2.24, 2.45) is 0 Å². The molecule has 0 saturated heterocycles. The number of nitrogens with two attached hydrogens (primary N) is 1. The summed E-state index contributed by atoms with van der Waals surface area (Å²) in [5.74, 6) is 0. The van der Waals surface area contributed by atoms with Gasteiger partial charge in [0.2, 0.25) is 0 Å². The number of pyridine rings is 1. The Hall–Kier alpha value is -1.98. The molecule has 1 aromatic carbocycles. The molecule has 0 bridgehead atoms. The lowest BCUT2D eigenvalue weighted by Crippen LogP contribution is -2.11. The molecule has 0 unspecified atom stereocenters. The summed E-state index contributed by atoms with van der Waals surface area (Å²) in [4.78, 5) is 4.16. The third-order valence-corrected chi connectivity index (χ3v) is 2.75. The Kier molecular flexibility index (Phi) is 3.78. The number of halogens is 3. The number of nitrogens with zero attached hydrogens (tertiary/aromatic N) is 1. The molecule has 6 heteroatoms. The maximum Gasteiger partial charge on any atom is 0.389 e. The second kappa shape index (κ2) is 5.34. The van der Waals surface area contributed by atoms with Crippen LogP contribution in [-0.2, 0) is 0 Å². The van der Waals surface area contributed by atoms with Crippen LogP contribution in [0.1, 0.15) is 12.8 Å². The predicted octanol–water partition coefficient (Wildman–Crippen LogP) is 3.57. The van der Waals surface area contributed by atoms with Crippen molar-refractivity contribution in [1.29, 1.82) is 0 Å². The van der Waals surface area contributed by atoms with Crippen molar-refractivity contribution in [3.8, 4) is 0 Å². The monoisotopic (exact) mass is 269 g/mol. The predicted molar refractivity (Wildman–Crippen MR) is 69.9 cm³/mol. The summed E-state index contributed by atoms with van der Waals surface area (Å²) in [6, 6.07) is 7.06. The molecule has 102 valence electrons. The van der Waals surface area contributed by atoms with Crippen LogP contribution in [0.3, 0.4) is 0 Å². The van der Waals surface area contributed by atoms with Gasteiger partial charge in [-0.1, -0.05) is 0 Å². The molecule has 0 spiro atoms. The molecule has 0 aliphatic rings. The van der Waals surface area contributed by atoms with E-state index >= 15 is 0 Å². The number of rotatable bonds is 4. The fourth-order valence-corrected chi connectivity index (χ4v) is 1.86. The smallest absolute Gasteiger partial charge is 0.389 e. The van der Waals surface area contributed by atoms with Gasteiger partial charge >= 0.3 is 6.18 Å². The number of hydrogen-bond donors (Lipinski definition) is 2. The average molecular weight is 269 g/mol. The van der Waals surface area contributed by atoms with E-state index in [4.69, 9.17) is 5.73 Å². The minimum atomic E-state index is -4.10. The van der Waals surface area contributed by atoms with Crippen LogP contribution in [0.2, 0.25) is 0 Å². The standard InChI is InChI=1S/C13H14F3N3/c14-13(15,16)6-2-8-18-11-5-4-10(17)12-9(11)3-1-7-19-12/h1,3-5,7,18H,2,6,8,17H2. The van der Waals surface area contributed by atoms with Crippen LogP contribution in [0.25, 0.3) is 10.9 Å². The SMILES string of the molecule is Nc1ccc(NCCCC(F)(F)F)c2cccnc12. The number of anilines is 2. The molecular formula is C13H14F3N3. The van der Waals surface area contributed by atoms with Crippen molar-refractivity contribution in [2.45, 2.75) is 19.0 Å². The Morgan fingerprint density at radius 2 is 2.00 bits per heavy atom. The molecule has 3 N–H and O–H groups in total. The summed E-state index contributed by atoms with van der Waals surface area (Å²) in [6.07, 6.45) is -3.22. The zero-order valence-corrected chi connectivity index (χ0v) is 10.2. The minimum absolute atomic E-state index is 0.0373. The van der Waals surface area contributed by atoms with Crippen molar-refractivity contribution in [2.75, 3.05) is 17.6 Å². The van der Waals surface area contributed by atoms with Gasteiger partial charge in [-0.25, -0.2) is 0 Å². The van der Waals surface area contributed by atoms with Crippen LogP contribution < -0.4 is 11.1 Å². The number of nitrogen functional groups attached to an aromatic ring is 1. The van der Waals surface area contributed by atoms with E-state index in [2.05, 4.69) is 10.3 Å². The fourth-order valence-electron chi connectivity index (χ4n) is 1.86. The van der Waals surface area contributed by atoms with Gasteiger partial charge in [-0.05, 0) is 30.7 Å². The highest BCUT2D eigenvalue weighted by molar-refractivity contribution is 5.98. The lowest BCUT2D eigenvalue weighted by molar-refractivity contribution is -0.134. The second-order valence-corrected chi connectivity index (χ2v) is 4.25. The Balaban J connectivity index is 2.07. The molecule has 2 aromatic rings. The number of hydrogen-bond acceptors (Lipinski definition) is 3. The summed E-state index contributed by atoms with van der Waals surface area (Å²) >= 11 is 0. The molecule has 1 aromatic heterocycles. The van der Waals surface area contributed by atoms with E-state index < -0.39 is 12.6 Å². The molecule has 1 heterocycles. The zero-order valence-electron chi connectivity index (χ0n) is 10.2. The highest BCUT2D eigenvalue weighted by atomic mass is 19.4. The van der Waals surface area contributed by atoms with Crippen molar-refractivity contribution in [1.82, 2.24) is 4.98 Å². The summed E-state index contributed by atoms with van der Waals surface area (Å²) in [5.41, 5.74) is 7.76. The van der Waals surface area contributed by atoms with Gasteiger partial charge in [-0.3, -0.25) is 4.98 Å². The van der Waals surface area contributed by atoms with E-state index in [1.807, 2.05) is 6.07 Å². The van der Waals surface area contributed by atoms with Crippen LogP contribution in [0.5, 0.6) is 0 Å². The fraction of sp³-hybridized carbons (Fsp3) is 0.308. The van der Waals surface area contributed by atoms with Gasteiger partial charge in [-0.2, -0.15) is 13.2 Å². The number of aromatic nitrogens is 1. The van der Waals surface area contributed by atoms with Gasteiger partial charge in [0.1, 0.15) is 0 Å². The molecule has 19 heavy (non-hydrogen) atoms. The molecule has 0 atom stereocenters. The minimum Gasteiger partial charge on any atom is -0.397 e. The number of alkyl halides is 3. The van der Waals surface area contributed by atoms with Gasteiger partial charge in [0, 0.05) is 30.2 Å². The molecule has 0 radical (unpaired) electrons. The lowest BCUT2D eigenvalue weighted by Gasteiger charge is -2.11. The Morgan fingerprint density at radius 3 is 2.74 bits per heavy atom. The zero-order chi connectivity index (χ0) is 13.9. The molecule has 0 fully saturated rings. The van der Waals surface area contributed by atoms with E-state index in [0.29, 0.717) is 11.2 Å². The number of nitrogens with one attached hydrogen (secondary N) is 1. The summed E-state index contributed by atoms with van der Waals surface area (Å²) < 4.78 is 36.1. The maximum absolute atomic E-state index is 12.0. The summed E-state index contributed by atoms with van der Waals surface area (Å²) in [5, 5.41) is 3.81. The Bertz CT molecular complexity index is 567. The molecule has 2 rings (SSSR count). The average Bonchev–Trinajstić information content (AvgIpc) is 2.36. The lowest BCUT2D eigenvalue weighted by atomic mass is 10.1. The molecule has 0 aliphatic carbocycles. The normalized spacial score (nSPS) is 11.7. The molecule has 0 aliphatic heterocycles. The largest absolute Gasteiger partial charge is 0.397 e. The second-order valence-electron chi connectivity index (χ2n) is 4.25. The van der Waals surface area contributed by atoms with Crippen LogP contribution in [0, 0.1) is 0 Å². The highest BCUT2D eigenvalue weighted by Gasteiger charge is 2.25. The summed E-state index contributed by atoms with van der Waals surface area (Å²) in [7, 11) is 0. The van der Waals surface area contributed by atoms with E-state index in [-0.39, 0.29) is 13.0 Å². The summed E-state index contributed by atoms with van der Waals surface area (Å²) in [6.45, 7) is 0.257. The van der Waals surface area contributed by atoms with Crippen molar-refractivity contribution < 1.29 is 13.2 Å². The highest BCUT2D eigenvalue weighted by Crippen LogP contribution is 2.27. The van der Waals surface area contributed by atoms with Crippen molar-refractivity contribution >= 4 is 22.3 Å². The number of fused-ring (bicyclic) bond motifs is 1. The van der Waals surface area contributed by atoms with Gasteiger partial charge in [0.25, 0.3) is 0 Å². The van der Waals surface area contributed by atoms with E-state index in [1.54, 1.807) is 24.4 Å². The van der Waals surface area contributed by atoms with Gasteiger partial charge in [-0.15, -0.1) is 0 Å². The Labute approximate surface area is 108 Å². The van der Waals surface area contributed by atoms with E-state index in [0.717, 1.165) is 11.1 Å². The number of benzene rings is 1. The van der Waals surface area contributed by atoms with Crippen LogP contribution in [0.15, 0.2) is 30.5 Å². The molecule has 0 amide bonds. The van der Waals surface area contributed by atoms with Crippen LogP contribution in [-0.4, -0.2) is 17.7 Å². The first kappa shape index (κ1) is 13.5. The first-order chi connectivity index (χ1) is 8.97.